The Hall–Kier alpha value is -0.170. The molecule has 1 atom stereocenters. The van der Waals surface area contributed by atoms with Crippen molar-refractivity contribution in [3.63, 3.8) is 0 Å². The average Bonchev–Trinajstić information content (AvgIpc) is 2.25. The van der Waals surface area contributed by atoms with Gasteiger partial charge in [0.1, 0.15) is 0 Å². The highest BCUT2D eigenvalue weighted by atomic mass is 32.2. The van der Waals surface area contributed by atoms with Gasteiger partial charge in [0.2, 0.25) is 0 Å². The maximum absolute atomic E-state index is 12.0. The van der Waals surface area contributed by atoms with Crippen LogP contribution in [0.25, 0.3) is 0 Å². The van der Waals surface area contributed by atoms with Gasteiger partial charge in [-0.1, -0.05) is 27.7 Å². The fourth-order valence-corrected chi connectivity index (χ4v) is 2.81. The first-order valence-corrected chi connectivity index (χ1v) is 7.79. The van der Waals surface area contributed by atoms with Gasteiger partial charge >= 0.3 is 0 Å². The number of nitrogens with zero attached hydrogens (tertiary/aromatic N) is 1. The summed E-state index contributed by atoms with van der Waals surface area (Å²) in [5.74, 6) is 0.267. The molecule has 1 unspecified atom stereocenters. The Morgan fingerprint density at radius 1 is 1.18 bits per heavy atom. The molecule has 0 bridgehead atoms. The van der Waals surface area contributed by atoms with Crippen LogP contribution >= 0.6 is 0 Å². The molecule has 0 heterocycles. The third-order valence-corrected chi connectivity index (χ3v) is 4.22. The molecule has 0 rings (SSSR count). The summed E-state index contributed by atoms with van der Waals surface area (Å²) in [6.07, 6.45) is 1.63. The lowest BCUT2D eigenvalue weighted by molar-refractivity contribution is 0.395. The van der Waals surface area contributed by atoms with Crippen LogP contribution in [-0.4, -0.2) is 38.4 Å². The molecule has 0 aliphatic rings. The van der Waals surface area contributed by atoms with E-state index in [0.29, 0.717) is 19.6 Å². The SMILES string of the molecule is CCCN(CCC)S(=O)(=O)NCC(N)C(C)C. The zero-order chi connectivity index (χ0) is 13.5. The van der Waals surface area contributed by atoms with Crippen LogP contribution < -0.4 is 10.5 Å². The minimum atomic E-state index is -3.37. The second kappa shape index (κ2) is 8.02. The highest BCUT2D eigenvalue weighted by Gasteiger charge is 2.21. The molecule has 0 spiro atoms. The van der Waals surface area contributed by atoms with Crippen LogP contribution in [0, 0.1) is 5.92 Å². The molecule has 0 saturated heterocycles. The molecule has 0 aliphatic heterocycles. The first-order valence-electron chi connectivity index (χ1n) is 6.35. The van der Waals surface area contributed by atoms with Crippen molar-refractivity contribution in [2.24, 2.45) is 11.7 Å². The minimum Gasteiger partial charge on any atom is -0.326 e. The van der Waals surface area contributed by atoms with E-state index in [1.54, 1.807) is 0 Å². The van der Waals surface area contributed by atoms with Crippen molar-refractivity contribution in [3.05, 3.63) is 0 Å². The highest BCUT2D eigenvalue weighted by molar-refractivity contribution is 7.87. The molecule has 0 fully saturated rings. The van der Waals surface area contributed by atoms with Crippen LogP contribution in [0.1, 0.15) is 40.5 Å². The summed E-state index contributed by atoms with van der Waals surface area (Å²) >= 11 is 0. The normalized spacial score (nSPS) is 14.5. The van der Waals surface area contributed by atoms with Gasteiger partial charge in [0, 0.05) is 25.7 Å². The summed E-state index contributed by atoms with van der Waals surface area (Å²) in [6.45, 7) is 9.31. The van der Waals surface area contributed by atoms with Gasteiger partial charge in [0.15, 0.2) is 0 Å². The van der Waals surface area contributed by atoms with Crippen LogP contribution in [0.3, 0.4) is 0 Å². The Labute approximate surface area is 106 Å². The van der Waals surface area contributed by atoms with E-state index < -0.39 is 10.2 Å². The quantitative estimate of drug-likeness (QED) is 0.651. The number of rotatable bonds is 9. The molecule has 0 aromatic carbocycles. The lowest BCUT2D eigenvalue weighted by Gasteiger charge is -2.23. The van der Waals surface area contributed by atoms with E-state index in [9.17, 15) is 8.42 Å². The topological polar surface area (TPSA) is 75.4 Å². The van der Waals surface area contributed by atoms with Crippen LogP contribution in [0.15, 0.2) is 0 Å². The van der Waals surface area contributed by atoms with Crippen LogP contribution in [0.5, 0.6) is 0 Å². The number of nitrogens with two attached hydrogens (primary N) is 1. The molecule has 0 aliphatic carbocycles. The molecular weight excluding hydrogens is 238 g/mol. The summed E-state index contributed by atoms with van der Waals surface area (Å²) in [6, 6.07) is -0.144. The average molecular weight is 265 g/mol. The van der Waals surface area contributed by atoms with Crippen molar-refractivity contribution in [1.82, 2.24) is 9.03 Å². The predicted octanol–water partition coefficient (Wildman–Crippen LogP) is 0.926. The number of hydrogen-bond donors (Lipinski definition) is 2. The molecule has 17 heavy (non-hydrogen) atoms. The zero-order valence-electron chi connectivity index (χ0n) is 11.4. The Bertz CT molecular complexity index is 285. The van der Waals surface area contributed by atoms with Crippen molar-refractivity contribution in [1.29, 1.82) is 0 Å². The monoisotopic (exact) mass is 265 g/mol. The number of hydrogen-bond acceptors (Lipinski definition) is 3. The van der Waals surface area contributed by atoms with E-state index in [4.69, 9.17) is 5.73 Å². The van der Waals surface area contributed by atoms with Crippen molar-refractivity contribution < 1.29 is 8.42 Å². The predicted molar refractivity (Wildman–Crippen MR) is 71.9 cm³/mol. The molecule has 0 aromatic rings. The van der Waals surface area contributed by atoms with Crippen molar-refractivity contribution in [3.8, 4) is 0 Å². The Morgan fingerprint density at radius 3 is 2.00 bits per heavy atom. The molecule has 0 saturated carbocycles. The van der Waals surface area contributed by atoms with Gasteiger partial charge in [-0.25, -0.2) is 4.72 Å². The lowest BCUT2D eigenvalue weighted by atomic mass is 10.1. The molecule has 0 aromatic heterocycles. The lowest BCUT2D eigenvalue weighted by Crippen LogP contribution is -2.47. The Kier molecular flexibility index (Phi) is 7.94. The third kappa shape index (κ3) is 6.35. The van der Waals surface area contributed by atoms with Gasteiger partial charge in [-0.2, -0.15) is 12.7 Å². The van der Waals surface area contributed by atoms with Gasteiger partial charge in [-0.15, -0.1) is 0 Å². The van der Waals surface area contributed by atoms with Gasteiger partial charge in [0.25, 0.3) is 10.2 Å². The molecule has 0 amide bonds. The van der Waals surface area contributed by atoms with E-state index in [2.05, 4.69) is 4.72 Å². The first-order chi connectivity index (χ1) is 7.85. The second-order valence-electron chi connectivity index (χ2n) is 4.66. The van der Waals surface area contributed by atoms with E-state index in [1.807, 2.05) is 27.7 Å². The molecule has 5 nitrogen and oxygen atoms in total. The van der Waals surface area contributed by atoms with E-state index in [1.165, 1.54) is 4.31 Å². The molecule has 3 N–H and O–H groups in total. The van der Waals surface area contributed by atoms with Gasteiger partial charge in [0.05, 0.1) is 0 Å². The second-order valence-corrected chi connectivity index (χ2v) is 6.42. The van der Waals surface area contributed by atoms with Crippen molar-refractivity contribution in [2.75, 3.05) is 19.6 Å². The van der Waals surface area contributed by atoms with Crippen molar-refractivity contribution >= 4 is 10.2 Å². The summed E-state index contributed by atoms with van der Waals surface area (Å²) in [5, 5.41) is 0. The first kappa shape index (κ1) is 16.8. The van der Waals surface area contributed by atoms with E-state index in [0.717, 1.165) is 12.8 Å². The van der Waals surface area contributed by atoms with Crippen LogP contribution in [-0.2, 0) is 10.2 Å². The Morgan fingerprint density at radius 2 is 1.65 bits per heavy atom. The van der Waals surface area contributed by atoms with E-state index in [-0.39, 0.29) is 12.0 Å². The maximum Gasteiger partial charge on any atom is 0.279 e. The maximum atomic E-state index is 12.0. The van der Waals surface area contributed by atoms with Crippen molar-refractivity contribution in [2.45, 2.75) is 46.6 Å². The molecule has 0 radical (unpaired) electrons. The van der Waals surface area contributed by atoms with Crippen LogP contribution in [0.2, 0.25) is 0 Å². The summed E-state index contributed by atoms with van der Waals surface area (Å²) in [5.41, 5.74) is 5.83. The molecular formula is C11H27N3O2S. The summed E-state index contributed by atoms with van der Waals surface area (Å²) < 4.78 is 28.1. The Balaban J connectivity index is 4.42. The largest absolute Gasteiger partial charge is 0.326 e. The molecule has 6 heteroatoms. The summed E-state index contributed by atoms with van der Waals surface area (Å²) in [7, 11) is -3.37. The number of nitrogens with one attached hydrogen (secondary N) is 1. The smallest absolute Gasteiger partial charge is 0.279 e. The highest BCUT2D eigenvalue weighted by Crippen LogP contribution is 2.03. The fraction of sp³-hybridized carbons (Fsp3) is 1.00. The van der Waals surface area contributed by atoms with E-state index >= 15 is 0 Å². The summed E-state index contributed by atoms with van der Waals surface area (Å²) in [4.78, 5) is 0. The van der Waals surface area contributed by atoms with Gasteiger partial charge in [-0.3, -0.25) is 0 Å². The van der Waals surface area contributed by atoms with Crippen LogP contribution in [0.4, 0.5) is 0 Å². The third-order valence-electron chi connectivity index (χ3n) is 2.64. The van der Waals surface area contributed by atoms with Gasteiger partial charge in [-0.05, 0) is 18.8 Å². The molecule has 104 valence electrons. The standard InChI is InChI=1S/C11H27N3O2S/c1-5-7-14(8-6-2)17(15,16)13-9-11(12)10(3)4/h10-11,13H,5-9,12H2,1-4H3. The fourth-order valence-electron chi connectivity index (χ4n) is 1.38. The zero-order valence-corrected chi connectivity index (χ0v) is 12.3. The van der Waals surface area contributed by atoms with Gasteiger partial charge < -0.3 is 5.73 Å². The minimum absolute atomic E-state index is 0.144.